The molecule has 0 aliphatic carbocycles. The van der Waals surface area contributed by atoms with Gasteiger partial charge in [-0.3, -0.25) is 0 Å². The van der Waals surface area contributed by atoms with Crippen molar-refractivity contribution in [3.8, 4) is 0 Å². The van der Waals surface area contributed by atoms with Crippen LogP contribution in [0.3, 0.4) is 0 Å². The molecule has 1 heterocycles. The average Bonchev–Trinajstić information content (AvgIpc) is 2.80. The molecular formula is C29H29ClNO2+. The Labute approximate surface area is 200 Å². The van der Waals surface area contributed by atoms with Crippen LogP contribution < -0.4 is 4.98 Å². The molecule has 0 amide bonds. The summed E-state index contributed by atoms with van der Waals surface area (Å²) in [5.41, 5.74) is 4.92. The Morgan fingerprint density at radius 2 is 1.73 bits per heavy atom. The van der Waals surface area contributed by atoms with E-state index in [1.807, 2.05) is 84.9 Å². The van der Waals surface area contributed by atoms with E-state index in [1.54, 1.807) is 13.8 Å². The van der Waals surface area contributed by atoms with Crippen LogP contribution in [0, 0.1) is 0 Å². The number of aryl methyl sites for hydroxylation is 1. The largest absolute Gasteiger partial charge is 0.388 e. The molecule has 0 bridgehead atoms. The highest BCUT2D eigenvalue weighted by Gasteiger charge is 2.20. The first kappa shape index (κ1) is 23.2. The summed E-state index contributed by atoms with van der Waals surface area (Å²) in [7, 11) is 0. The molecule has 3 N–H and O–H groups in total. The number of hydrogen-bond donors (Lipinski definition) is 2. The average molecular weight is 459 g/mol. The van der Waals surface area contributed by atoms with Gasteiger partial charge >= 0.3 is 0 Å². The lowest BCUT2D eigenvalue weighted by molar-refractivity contribution is -0.347. The van der Waals surface area contributed by atoms with Crippen LogP contribution in [0.2, 0.25) is 5.02 Å². The van der Waals surface area contributed by atoms with Crippen LogP contribution in [0.25, 0.3) is 23.1 Å². The molecule has 0 aliphatic rings. The molecule has 4 heteroatoms. The highest BCUT2D eigenvalue weighted by Crippen LogP contribution is 2.27. The highest BCUT2D eigenvalue weighted by atomic mass is 35.5. The molecule has 0 radical (unpaired) electrons. The van der Waals surface area contributed by atoms with E-state index < -0.39 is 11.7 Å². The van der Waals surface area contributed by atoms with E-state index in [0.29, 0.717) is 17.9 Å². The molecule has 0 unspecified atom stereocenters. The second-order valence-corrected chi connectivity index (χ2v) is 9.36. The third-order valence-corrected chi connectivity index (χ3v) is 6.09. The van der Waals surface area contributed by atoms with Gasteiger partial charge in [0.2, 0.25) is 11.2 Å². The van der Waals surface area contributed by atoms with Crippen LogP contribution in [-0.2, 0) is 12.0 Å². The molecule has 0 saturated heterocycles. The first-order valence-corrected chi connectivity index (χ1v) is 11.6. The molecule has 0 aliphatic heterocycles. The molecule has 0 fully saturated rings. The molecule has 3 nitrogen and oxygen atoms in total. The smallest absolute Gasteiger partial charge is 0.212 e. The van der Waals surface area contributed by atoms with E-state index in [9.17, 15) is 10.2 Å². The summed E-state index contributed by atoms with van der Waals surface area (Å²) in [5, 5.41) is 23.1. The standard InChI is InChI=1S/C29H28ClNO2/c1-29(2,33)26-9-4-3-7-21(26)13-17-28(32)23-8-5-6-20(18-23)10-15-25-16-12-22-11-14-24(30)19-27(22)31-25/h3-12,14-16,18-19,28,32-33H,13,17H2,1-2H3/p+1/b15-10+/t28-/m0/s1. The molecule has 4 aromatic rings. The minimum Gasteiger partial charge on any atom is -0.388 e. The first-order chi connectivity index (χ1) is 15.8. The van der Waals surface area contributed by atoms with Gasteiger partial charge in [0, 0.05) is 28.6 Å². The van der Waals surface area contributed by atoms with Gasteiger partial charge in [-0.15, -0.1) is 0 Å². The maximum absolute atomic E-state index is 10.8. The van der Waals surface area contributed by atoms with Gasteiger partial charge in [0.05, 0.1) is 11.7 Å². The van der Waals surface area contributed by atoms with Gasteiger partial charge in [0.15, 0.2) is 0 Å². The second kappa shape index (κ2) is 9.88. The summed E-state index contributed by atoms with van der Waals surface area (Å²) in [6.07, 6.45) is 4.74. The summed E-state index contributed by atoms with van der Waals surface area (Å²) >= 11 is 6.11. The Hall–Kier alpha value is -2.98. The molecule has 0 spiro atoms. The number of halogens is 1. The van der Waals surface area contributed by atoms with E-state index in [0.717, 1.165) is 38.9 Å². The van der Waals surface area contributed by atoms with E-state index in [2.05, 4.69) is 11.1 Å². The van der Waals surface area contributed by atoms with Crippen molar-refractivity contribution in [2.75, 3.05) is 0 Å². The van der Waals surface area contributed by atoms with Gasteiger partial charge in [-0.05, 0) is 79.3 Å². The van der Waals surface area contributed by atoms with Crippen molar-refractivity contribution in [3.63, 3.8) is 0 Å². The number of pyridine rings is 1. The number of fused-ring (bicyclic) bond motifs is 1. The summed E-state index contributed by atoms with van der Waals surface area (Å²) in [6, 6.07) is 25.7. The van der Waals surface area contributed by atoms with Crippen molar-refractivity contribution < 1.29 is 15.2 Å². The minimum atomic E-state index is -0.905. The zero-order valence-corrected chi connectivity index (χ0v) is 19.7. The van der Waals surface area contributed by atoms with Crippen molar-refractivity contribution in [2.24, 2.45) is 0 Å². The third-order valence-electron chi connectivity index (χ3n) is 5.85. The summed E-state index contributed by atoms with van der Waals surface area (Å²) in [6.45, 7) is 3.58. The van der Waals surface area contributed by atoms with Crippen LogP contribution in [0.15, 0.2) is 78.9 Å². The Bertz CT molecular complexity index is 1290. The maximum atomic E-state index is 10.8. The van der Waals surface area contributed by atoms with E-state index >= 15 is 0 Å². The van der Waals surface area contributed by atoms with Crippen LogP contribution in [-0.4, -0.2) is 10.2 Å². The van der Waals surface area contributed by atoms with Crippen molar-refractivity contribution in [2.45, 2.75) is 38.4 Å². The Morgan fingerprint density at radius 1 is 0.939 bits per heavy atom. The summed E-state index contributed by atoms with van der Waals surface area (Å²) in [4.78, 5) is 3.39. The zero-order valence-electron chi connectivity index (χ0n) is 18.9. The maximum Gasteiger partial charge on any atom is 0.212 e. The minimum absolute atomic E-state index is 0.581. The number of benzene rings is 3. The van der Waals surface area contributed by atoms with E-state index in [4.69, 9.17) is 11.6 Å². The highest BCUT2D eigenvalue weighted by molar-refractivity contribution is 6.31. The number of aliphatic hydroxyl groups is 2. The topological polar surface area (TPSA) is 54.6 Å². The van der Waals surface area contributed by atoms with Gasteiger partial charge < -0.3 is 10.2 Å². The molecule has 4 rings (SSSR count). The lowest BCUT2D eigenvalue weighted by Crippen LogP contribution is -2.18. The number of hydrogen-bond acceptors (Lipinski definition) is 2. The van der Waals surface area contributed by atoms with Crippen LogP contribution in [0.5, 0.6) is 0 Å². The fourth-order valence-corrected chi connectivity index (χ4v) is 4.28. The molecule has 1 aromatic heterocycles. The van der Waals surface area contributed by atoms with Gasteiger partial charge in [-0.1, -0.05) is 54.1 Å². The van der Waals surface area contributed by atoms with Crippen molar-refractivity contribution >= 4 is 34.7 Å². The monoisotopic (exact) mass is 458 g/mol. The lowest BCUT2D eigenvalue weighted by Gasteiger charge is -2.22. The SMILES string of the molecule is CC(C)(O)c1ccccc1CC[C@H](O)c1cccc(/C=C/c2ccc3ccc(Cl)cc3[nH+]2)c1. The Kier molecular flexibility index (Phi) is 6.94. The fourth-order valence-electron chi connectivity index (χ4n) is 4.11. The Balaban J connectivity index is 1.47. The molecule has 0 saturated carbocycles. The van der Waals surface area contributed by atoms with Gasteiger partial charge in [0.25, 0.3) is 0 Å². The van der Waals surface area contributed by atoms with E-state index in [-0.39, 0.29) is 0 Å². The van der Waals surface area contributed by atoms with E-state index in [1.165, 1.54) is 0 Å². The van der Waals surface area contributed by atoms with Gasteiger partial charge in [-0.2, -0.15) is 0 Å². The molecule has 3 aromatic carbocycles. The summed E-state index contributed by atoms with van der Waals surface area (Å²) < 4.78 is 0. The van der Waals surface area contributed by atoms with Crippen molar-refractivity contribution in [1.82, 2.24) is 0 Å². The molecule has 168 valence electrons. The zero-order chi connectivity index (χ0) is 23.4. The van der Waals surface area contributed by atoms with Gasteiger partial charge in [0.1, 0.15) is 0 Å². The Morgan fingerprint density at radius 3 is 2.55 bits per heavy atom. The normalized spacial score (nSPS) is 13.0. The third kappa shape index (κ3) is 5.88. The molecular weight excluding hydrogens is 430 g/mol. The van der Waals surface area contributed by atoms with Crippen LogP contribution in [0.1, 0.15) is 54.3 Å². The fraction of sp³-hybridized carbons (Fsp3) is 0.207. The lowest BCUT2D eigenvalue weighted by atomic mass is 9.90. The van der Waals surface area contributed by atoms with Crippen LogP contribution >= 0.6 is 11.6 Å². The number of nitrogens with one attached hydrogen (secondary N) is 1. The predicted molar refractivity (Wildman–Crippen MR) is 136 cm³/mol. The number of aliphatic hydroxyl groups excluding tert-OH is 1. The van der Waals surface area contributed by atoms with Crippen LogP contribution in [0.4, 0.5) is 0 Å². The predicted octanol–water partition coefficient (Wildman–Crippen LogP) is 6.37. The molecule has 33 heavy (non-hydrogen) atoms. The van der Waals surface area contributed by atoms with Crippen molar-refractivity contribution in [1.29, 1.82) is 0 Å². The van der Waals surface area contributed by atoms with Gasteiger partial charge in [-0.25, -0.2) is 4.98 Å². The second-order valence-electron chi connectivity index (χ2n) is 8.92. The molecule has 1 atom stereocenters. The number of aromatic nitrogens is 1. The number of aromatic amines is 1. The summed E-state index contributed by atoms with van der Waals surface area (Å²) in [5.74, 6) is 0. The number of H-pyrrole nitrogens is 1. The first-order valence-electron chi connectivity index (χ1n) is 11.2. The van der Waals surface area contributed by atoms with Crippen molar-refractivity contribution in [3.05, 3.63) is 112 Å². The quantitative estimate of drug-likeness (QED) is 0.338. The number of rotatable bonds is 7.